The van der Waals surface area contributed by atoms with Crippen LogP contribution < -0.4 is 5.32 Å². The van der Waals surface area contributed by atoms with E-state index in [1.807, 2.05) is 12.3 Å². The van der Waals surface area contributed by atoms with Crippen LogP contribution in [0.2, 0.25) is 0 Å². The minimum Gasteiger partial charge on any atom is -0.379 e. The number of aryl methyl sites for hydroxylation is 2. The molecule has 1 aromatic carbocycles. The molecule has 0 saturated heterocycles. The molecule has 2 rings (SSSR count). The first-order valence-electron chi connectivity index (χ1n) is 5.67. The number of hydrogen-bond acceptors (Lipinski definition) is 2. The van der Waals surface area contributed by atoms with E-state index in [9.17, 15) is 0 Å². The molecule has 0 aliphatic rings. The first kappa shape index (κ1) is 13.6. The molecular weight excluding hydrogens is 356 g/mol. The molecule has 1 heterocycles. The highest BCUT2D eigenvalue weighted by Gasteiger charge is 2.03. The number of anilines is 1. The van der Waals surface area contributed by atoms with Crippen molar-refractivity contribution in [3.8, 4) is 0 Å². The number of nitrogens with one attached hydrogen (secondary N) is 1. The van der Waals surface area contributed by atoms with Gasteiger partial charge in [-0.1, -0.05) is 6.07 Å². The van der Waals surface area contributed by atoms with E-state index < -0.39 is 0 Å². The fraction of sp³-hybridized carbons (Fsp3) is 0.214. The normalized spacial score (nSPS) is 10.4. The van der Waals surface area contributed by atoms with Crippen LogP contribution in [0.4, 0.5) is 5.69 Å². The van der Waals surface area contributed by atoms with Gasteiger partial charge >= 0.3 is 0 Å². The van der Waals surface area contributed by atoms with Crippen molar-refractivity contribution >= 4 is 37.5 Å². The molecule has 0 aliphatic heterocycles. The third kappa shape index (κ3) is 3.33. The summed E-state index contributed by atoms with van der Waals surface area (Å²) in [7, 11) is 0. The molecule has 2 aromatic rings. The Morgan fingerprint density at radius 3 is 2.56 bits per heavy atom. The molecule has 0 atom stereocenters. The van der Waals surface area contributed by atoms with Crippen molar-refractivity contribution in [1.82, 2.24) is 4.98 Å². The highest BCUT2D eigenvalue weighted by atomic mass is 79.9. The van der Waals surface area contributed by atoms with Crippen molar-refractivity contribution in [3.05, 3.63) is 56.2 Å². The maximum Gasteiger partial charge on any atom is 0.0737 e. The topological polar surface area (TPSA) is 24.9 Å². The molecule has 0 bridgehead atoms. The Labute approximate surface area is 124 Å². The van der Waals surface area contributed by atoms with Crippen LogP contribution in [0.15, 0.2) is 39.4 Å². The van der Waals surface area contributed by atoms with E-state index >= 15 is 0 Å². The van der Waals surface area contributed by atoms with Crippen LogP contribution in [0.5, 0.6) is 0 Å². The van der Waals surface area contributed by atoms with Gasteiger partial charge in [-0.2, -0.15) is 0 Å². The van der Waals surface area contributed by atoms with E-state index in [1.54, 1.807) is 0 Å². The van der Waals surface area contributed by atoms with Gasteiger partial charge < -0.3 is 5.32 Å². The van der Waals surface area contributed by atoms with Crippen LogP contribution in [-0.2, 0) is 6.54 Å². The average molecular weight is 370 g/mol. The van der Waals surface area contributed by atoms with Crippen molar-refractivity contribution < 1.29 is 0 Å². The van der Waals surface area contributed by atoms with E-state index in [0.29, 0.717) is 6.54 Å². The van der Waals surface area contributed by atoms with Crippen LogP contribution in [0.25, 0.3) is 0 Å². The molecule has 0 amide bonds. The number of aromatic nitrogens is 1. The van der Waals surface area contributed by atoms with Crippen molar-refractivity contribution in [3.63, 3.8) is 0 Å². The summed E-state index contributed by atoms with van der Waals surface area (Å²) >= 11 is 6.91. The van der Waals surface area contributed by atoms with Gasteiger partial charge in [-0.25, -0.2) is 0 Å². The zero-order valence-corrected chi connectivity index (χ0v) is 13.5. The summed E-state index contributed by atoms with van der Waals surface area (Å²) in [5.41, 5.74) is 4.72. The highest BCUT2D eigenvalue weighted by molar-refractivity contribution is 9.11. The molecule has 18 heavy (non-hydrogen) atoms. The van der Waals surface area contributed by atoms with Gasteiger partial charge in [-0.3, -0.25) is 4.98 Å². The number of pyridine rings is 1. The van der Waals surface area contributed by atoms with E-state index in [4.69, 9.17) is 0 Å². The second-order valence-electron chi connectivity index (χ2n) is 4.23. The summed E-state index contributed by atoms with van der Waals surface area (Å²) in [5.74, 6) is 0. The standard InChI is InChI=1S/C14H14Br2N2/c1-9-3-4-12(5-10(9)2)17-8-14-13(16)6-11(15)7-18-14/h3-7,17H,8H2,1-2H3. The smallest absolute Gasteiger partial charge is 0.0737 e. The minimum atomic E-state index is 0.705. The Morgan fingerprint density at radius 1 is 1.11 bits per heavy atom. The molecule has 0 saturated carbocycles. The van der Waals surface area contributed by atoms with E-state index in [-0.39, 0.29) is 0 Å². The van der Waals surface area contributed by atoms with E-state index in [0.717, 1.165) is 20.3 Å². The quantitative estimate of drug-likeness (QED) is 0.837. The Morgan fingerprint density at radius 2 is 1.89 bits per heavy atom. The van der Waals surface area contributed by atoms with Crippen molar-refractivity contribution in [2.75, 3.05) is 5.32 Å². The number of benzene rings is 1. The van der Waals surface area contributed by atoms with Gasteiger partial charge in [-0.05, 0) is 75.0 Å². The first-order valence-corrected chi connectivity index (χ1v) is 7.26. The molecule has 1 aromatic heterocycles. The molecule has 2 nitrogen and oxygen atoms in total. The number of hydrogen-bond donors (Lipinski definition) is 1. The van der Waals surface area contributed by atoms with Crippen LogP contribution in [-0.4, -0.2) is 4.98 Å². The van der Waals surface area contributed by atoms with Crippen molar-refractivity contribution in [2.45, 2.75) is 20.4 Å². The fourth-order valence-corrected chi connectivity index (χ4v) is 2.74. The number of halogens is 2. The molecule has 0 radical (unpaired) electrons. The lowest BCUT2D eigenvalue weighted by Gasteiger charge is -2.09. The summed E-state index contributed by atoms with van der Waals surface area (Å²) in [6.45, 7) is 4.94. The zero-order chi connectivity index (χ0) is 13.1. The van der Waals surface area contributed by atoms with Crippen LogP contribution in [0.3, 0.4) is 0 Å². The molecule has 94 valence electrons. The van der Waals surface area contributed by atoms with Gasteiger partial charge in [0.2, 0.25) is 0 Å². The highest BCUT2D eigenvalue weighted by Crippen LogP contribution is 2.21. The largest absolute Gasteiger partial charge is 0.379 e. The third-order valence-corrected chi connectivity index (χ3v) is 3.97. The van der Waals surface area contributed by atoms with Crippen molar-refractivity contribution in [2.24, 2.45) is 0 Å². The first-order chi connectivity index (χ1) is 8.56. The summed E-state index contributed by atoms with van der Waals surface area (Å²) in [4.78, 5) is 4.38. The second kappa shape index (κ2) is 5.85. The zero-order valence-electron chi connectivity index (χ0n) is 10.3. The van der Waals surface area contributed by atoms with Gasteiger partial charge in [0.05, 0.1) is 12.2 Å². The number of rotatable bonds is 3. The summed E-state index contributed by atoms with van der Waals surface area (Å²) in [6, 6.07) is 8.38. The predicted molar refractivity (Wildman–Crippen MR) is 82.9 cm³/mol. The molecular formula is C14H14Br2N2. The summed E-state index contributed by atoms with van der Waals surface area (Å²) in [5, 5.41) is 3.38. The van der Waals surface area contributed by atoms with Crippen LogP contribution in [0.1, 0.15) is 16.8 Å². The average Bonchev–Trinajstić information content (AvgIpc) is 2.32. The molecule has 1 N–H and O–H groups in total. The van der Waals surface area contributed by atoms with Gasteiger partial charge in [0, 0.05) is 20.8 Å². The van der Waals surface area contributed by atoms with E-state index in [1.165, 1.54) is 11.1 Å². The van der Waals surface area contributed by atoms with Gasteiger partial charge in [0.15, 0.2) is 0 Å². The van der Waals surface area contributed by atoms with Gasteiger partial charge in [0.25, 0.3) is 0 Å². The lowest BCUT2D eigenvalue weighted by molar-refractivity contribution is 1.03. The molecule has 0 unspecified atom stereocenters. The minimum absolute atomic E-state index is 0.705. The Kier molecular flexibility index (Phi) is 4.40. The van der Waals surface area contributed by atoms with Crippen LogP contribution >= 0.6 is 31.9 Å². The summed E-state index contributed by atoms with van der Waals surface area (Å²) < 4.78 is 1.98. The Hall–Kier alpha value is -0.870. The Bertz CT molecular complexity index is 568. The predicted octanol–water partition coefficient (Wildman–Crippen LogP) is 4.84. The lowest BCUT2D eigenvalue weighted by atomic mass is 10.1. The third-order valence-electron chi connectivity index (χ3n) is 2.85. The fourth-order valence-electron chi connectivity index (χ4n) is 1.61. The SMILES string of the molecule is Cc1ccc(NCc2ncc(Br)cc2Br)cc1C. The monoisotopic (exact) mass is 368 g/mol. The Balaban J connectivity index is 2.09. The maximum absolute atomic E-state index is 4.38. The molecule has 0 aliphatic carbocycles. The van der Waals surface area contributed by atoms with Gasteiger partial charge in [-0.15, -0.1) is 0 Å². The molecule has 0 spiro atoms. The summed E-state index contributed by atoms with van der Waals surface area (Å²) in [6.07, 6.45) is 1.81. The van der Waals surface area contributed by atoms with Gasteiger partial charge in [0.1, 0.15) is 0 Å². The van der Waals surface area contributed by atoms with Crippen LogP contribution in [0, 0.1) is 13.8 Å². The van der Waals surface area contributed by atoms with Crippen molar-refractivity contribution in [1.29, 1.82) is 0 Å². The number of nitrogens with zero attached hydrogens (tertiary/aromatic N) is 1. The lowest BCUT2D eigenvalue weighted by Crippen LogP contribution is -2.02. The van der Waals surface area contributed by atoms with E-state index in [2.05, 4.69) is 74.2 Å². The molecule has 4 heteroatoms. The second-order valence-corrected chi connectivity index (χ2v) is 6.00. The molecule has 0 fully saturated rings. The maximum atomic E-state index is 4.38.